The number of thiophene rings is 1. The summed E-state index contributed by atoms with van der Waals surface area (Å²) >= 11 is 5.26. The Balaban J connectivity index is 1.51. The quantitative estimate of drug-likeness (QED) is 0.759. The summed E-state index contributed by atoms with van der Waals surface area (Å²) in [5.74, 6) is 1.04. The Morgan fingerprint density at radius 1 is 1.38 bits per heavy atom. The van der Waals surface area contributed by atoms with Gasteiger partial charge in [0.15, 0.2) is 0 Å². The predicted octanol–water partition coefficient (Wildman–Crippen LogP) is 4.57. The maximum atomic E-state index is 3.52. The normalized spacial score (nSPS) is 17.1. The van der Waals surface area contributed by atoms with Gasteiger partial charge in [-0.1, -0.05) is 25.7 Å². The Labute approximate surface area is 111 Å². The number of hydrogen-bond donors (Lipinski definition) is 1. The Bertz CT molecular complexity index is 305. The minimum atomic E-state index is 1.02. The molecule has 2 rings (SSSR count). The van der Waals surface area contributed by atoms with E-state index in [1.165, 1.54) is 54.4 Å². The molecule has 1 fully saturated rings. The molecule has 1 N–H and O–H groups in total. The minimum absolute atomic E-state index is 1.02. The number of halogens is 1. The van der Waals surface area contributed by atoms with Crippen molar-refractivity contribution in [2.45, 2.75) is 45.1 Å². The molecule has 0 saturated heterocycles. The maximum Gasteiger partial charge on any atom is 0.0701 e. The fraction of sp³-hybridized carbons (Fsp3) is 0.692. The highest BCUT2D eigenvalue weighted by Gasteiger charge is 2.13. The van der Waals surface area contributed by atoms with Gasteiger partial charge in [0, 0.05) is 6.54 Å². The molecule has 0 bridgehead atoms. The maximum absolute atomic E-state index is 3.52. The lowest BCUT2D eigenvalue weighted by Crippen LogP contribution is -2.15. The van der Waals surface area contributed by atoms with Crippen molar-refractivity contribution >= 4 is 27.3 Å². The summed E-state index contributed by atoms with van der Waals surface area (Å²) in [7, 11) is 0. The van der Waals surface area contributed by atoms with Gasteiger partial charge in [-0.15, -0.1) is 11.3 Å². The molecule has 0 aliphatic heterocycles. The van der Waals surface area contributed by atoms with Crippen LogP contribution in [0.15, 0.2) is 15.2 Å². The SMILES string of the molecule is Brc1cc(CNCCCC2CCCC2)cs1. The first-order valence-electron chi connectivity index (χ1n) is 6.28. The zero-order chi connectivity index (χ0) is 11.2. The van der Waals surface area contributed by atoms with Crippen molar-refractivity contribution in [1.29, 1.82) is 0 Å². The summed E-state index contributed by atoms with van der Waals surface area (Å²) in [4.78, 5) is 0. The van der Waals surface area contributed by atoms with Gasteiger partial charge in [-0.2, -0.15) is 0 Å². The molecule has 0 atom stereocenters. The summed E-state index contributed by atoms with van der Waals surface area (Å²) in [6.45, 7) is 2.19. The van der Waals surface area contributed by atoms with E-state index in [9.17, 15) is 0 Å². The first kappa shape index (κ1) is 12.6. The van der Waals surface area contributed by atoms with Gasteiger partial charge in [-0.25, -0.2) is 0 Å². The van der Waals surface area contributed by atoms with Crippen molar-refractivity contribution < 1.29 is 0 Å². The highest BCUT2D eigenvalue weighted by molar-refractivity contribution is 9.11. The van der Waals surface area contributed by atoms with Crippen LogP contribution in [0.1, 0.15) is 44.1 Å². The second-order valence-electron chi connectivity index (χ2n) is 4.73. The van der Waals surface area contributed by atoms with Crippen LogP contribution in [0.4, 0.5) is 0 Å². The molecule has 0 amide bonds. The third-order valence-electron chi connectivity index (χ3n) is 3.39. The molecule has 1 aliphatic carbocycles. The monoisotopic (exact) mass is 301 g/mol. The van der Waals surface area contributed by atoms with Crippen LogP contribution in [-0.4, -0.2) is 6.54 Å². The summed E-state index contributed by atoms with van der Waals surface area (Å²) in [6, 6.07) is 2.20. The molecule has 1 nitrogen and oxygen atoms in total. The third-order valence-corrected chi connectivity index (χ3v) is 4.94. The van der Waals surface area contributed by atoms with Crippen LogP contribution >= 0.6 is 27.3 Å². The average molecular weight is 302 g/mol. The van der Waals surface area contributed by atoms with Crippen LogP contribution in [0.25, 0.3) is 0 Å². The summed E-state index contributed by atoms with van der Waals surface area (Å²) in [5, 5.41) is 5.74. The Morgan fingerprint density at radius 3 is 2.88 bits per heavy atom. The predicted molar refractivity (Wildman–Crippen MR) is 74.9 cm³/mol. The Kier molecular flexibility index (Phi) is 5.33. The van der Waals surface area contributed by atoms with Crippen molar-refractivity contribution in [3.8, 4) is 0 Å². The second-order valence-corrected chi connectivity index (χ2v) is 7.02. The van der Waals surface area contributed by atoms with E-state index in [0.29, 0.717) is 0 Å². The van der Waals surface area contributed by atoms with Gasteiger partial charge in [0.25, 0.3) is 0 Å². The molecule has 0 spiro atoms. The molecule has 1 saturated carbocycles. The third kappa shape index (κ3) is 4.19. The molecular formula is C13H20BrNS. The van der Waals surface area contributed by atoms with Crippen molar-refractivity contribution in [2.75, 3.05) is 6.54 Å². The van der Waals surface area contributed by atoms with Crippen LogP contribution in [0.2, 0.25) is 0 Å². The van der Waals surface area contributed by atoms with E-state index in [0.717, 1.165) is 12.5 Å². The second kappa shape index (κ2) is 6.77. The standard InChI is InChI=1S/C13H20BrNS/c14-13-8-12(10-16-13)9-15-7-3-6-11-4-1-2-5-11/h8,10-11,15H,1-7,9H2. The number of nitrogens with one attached hydrogen (secondary N) is 1. The highest BCUT2D eigenvalue weighted by atomic mass is 79.9. The number of hydrogen-bond acceptors (Lipinski definition) is 2. The lowest BCUT2D eigenvalue weighted by Gasteiger charge is -2.08. The Hall–Kier alpha value is 0.140. The van der Waals surface area contributed by atoms with E-state index >= 15 is 0 Å². The van der Waals surface area contributed by atoms with Crippen LogP contribution < -0.4 is 5.32 Å². The molecule has 1 heterocycles. The van der Waals surface area contributed by atoms with E-state index in [1.807, 2.05) is 0 Å². The van der Waals surface area contributed by atoms with Crippen LogP contribution in [0, 0.1) is 5.92 Å². The molecule has 1 aliphatic rings. The van der Waals surface area contributed by atoms with E-state index < -0.39 is 0 Å². The summed E-state index contributed by atoms with van der Waals surface area (Å²) < 4.78 is 1.23. The van der Waals surface area contributed by atoms with Crippen molar-refractivity contribution in [3.05, 3.63) is 20.8 Å². The van der Waals surface area contributed by atoms with E-state index in [1.54, 1.807) is 11.3 Å². The molecule has 0 radical (unpaired) electrons. The smallest absolute Gasteiger partial charge is 0.0701 e. The van der Waals surface area contributed by atoms with Crippen molar-refractivity contribution in [1.82, 2.24) is 5.32 Å². The van der Waals surface area contributed by atoms with Gasteiger partial charge in [-0.05, 0) is 58.2 Å². The zero-order valence-electron chi connectivity index (χ0n) is 9.68. The minimum Gasteiger partial charge on any atom is -0.313 e. The van der Waals surface area contributed by atoms with E-state index in [2.05, 4.69) is 32.7 Å². The van der Waals surface area contributed by atoms with E-state index in [-0.39, 0.29) is 0 Å². The van der Waals surface area contributed by atoms with Crippen LogP contribution in [-0.2, 0) is 6.54 Å². The summed E-state index contributed by atoms with van der Waals surface area (Å²) in [5.41, 5.74) is 1.40. The Morgan fingerprint density at radius 2 is 2.19 bits per heavy atom. The van der Waals surface area contributed by atoms with Gasteiger partial charge >= 0.3 is 0 Å². The first-order chi connectivity index (χ1) is 7.84. The lowest BCUT2D eigenvalue weighted by atomic mass is 10.0. The number of rotatable bonds is 6. The fourth-order valence-corrected chi connectivity index (χ4v) is 3.70. The topological polar surface area (TPSA) is 12.0 Å². The molecular weight excluding hydrogens is 282 g/mol. The van der Waals surface area contributed by atoms with Crippen LogP contribution in [0.5, 0.6) is 0 Å². The fourth-order valence-electron chi connectivity index (χ4n) is 2.49. The van der Waals surface area contributed by atoms with Gasteiger partial charge in [-0.3, -0.25) is 0 Å². The zero-order valence-corrected chi connectivity index (χ0v) is 12.1. The highest BCUT2D eigenvalue weighted by Crippen LogP contribution is 2.28. The molecule has 0 unspecified atom stereocenters. The average Bonchev–Trinajstić information content (AvgIpc) is 2.89. The lowest BCUT2D eigenvalue weighted by molar-refractivity contribution is 0.470. The van der Waals surface area contributed by atoms with Gasteiger partial charge < -0.3 is 5.32 Å². The van der Waals surface area contributed by atoms with Gasteiger partial charge in [0.05, 0.1) is 3.79 Å². The van der Waals surface area contributed by atoms with E-state index in [4.69, 9.17) is 0 Å². The molecule has 0 aromatic carbocycles. The molecule has 90 valence electrons. The molecule has 16 heavy (non-hydrogen) atoms. The summed E-state index contributed by atoms with van der Waals surface area (Å²) in [6.07, 6.45) is 8.69. The largest absolute Gasteiger partial charge is 0.313 e. The van der Waals surface area contributed by atoms with Gasteiger partial charge in [0.2, 0.25) is 0 Å². The molecule has 1 aromatic heterocycles. The van der Waals surface area contributed by atoms with Gasteiger partial charge in [0.1, 0.15) is 0 Å². The molecule has 1 aromatic rings. The first-order valence-corrected chi connectivity index (χ1v) is 7.95. The molecule has 3 heteroatoms. The van der Waals surface area contributed by atoms with Crippen molar-refractivity contribution in [2.24, 2.45) is 5.92 Å². The van der Waals surface area contributed by atoms with Crippen molar-refractivity contribution in [3.63, 3.8) is 0 Å². The van der Waals surface area contributed by atoms with Crippen LogP contribution in [0.3, 0.4) is 0 Å².